The number of thiophene rings is 1. The molecular formula is C13H13BrN2O3S. The first-order valence-corrected chi connectivity index (χ1v) is 8.02. The number of aliphatic carboxylic acids is 1. The molecule has 0 bridgehead atoms. The average Bonchev–Trinajstić information content (AvgIpc) is 3.10. The molecule has 1 N–H and O–H groups in total. The molecule has 20 heavy (non-hydrogen) atoms. The maximum atomic E-state index is 11.5. The van der Waals surface area contributed by atoms with Crippen molar-refractivity contribution >= 4 is 33.2 Å². The van der Waals surface area contributed by atoms with Crippen LogP contribution in [0.5, 0.6) is 0 Å². The Kier molecular flexibility index (Phi) is 3.64. The van der Waals surface area contributed by atoms with Crippen LogP contribution in [0.25, 0.3) is 10.7 Å². The van der Waals surface area contributed by atoms with Crippen molar-refractivity contribution in [2.45, 2.75) is 32.1 Å². The van der Waals surface area contributed by atoms with Gasteiger partial charge in [-0.25, -0.2) is 0 Å². The molecule has 106 valence electrons. The topological polar surface area (TPSA) is 76.2 Å². The molecule has 0 aliphatic heterocycles. The minimum Gasteiger partial charge on any atom is -0.481 e. The highest BCUT2D eigenvalue weighted by Gasteiger charge is 2.42. The SMILES string of the molecule is O=C(O)C1(Cc2nc(-c3ccc(Br)s3)no2)CCCC1. The molecule has 1 saturated carbocycles. The van der Waals surface area contributed by atoms with E-state index in [1.807, 2.05) is 12.1 Å². The Hall–Kier alpha value is -1.21. The summed E-state index contributed by atoms with van der Waals surface area (Å²) in [6.07, 6.45) is 3.59. The van der Waals surface area contributed by atoms with Gasteiger partial charge in [-0.05, 0) is 40.9 Å². The van der Waals surface area contributed by atoms with Crippen molar-refractivity contribution < 1.29 is 14.4 Å². The standard InChI is InChI=1S/C13H13BrN2O3S/c14-9-4-3-8(20-9)11-15-10(19-16-11)7-13(12(17)18)5-1-2-6-13/h3-4H,1-2,5-7H2,(H,17,18). The lowest BCUT2D eigenvalue weighted by Crippen LogP contribution is -2.30. The first-order valence-electron chi connectivity index (χ1n) is 6.41. The van der Waals surface area contributed by atoms with E-state index in [9.17, 15) is 9.90 Å². The normalized spacial score (nSPS) is 17.4. The van der Waals surface area contributed by atoms with Crippen LogP contribution < -0.4 is 0 Å². The number of carboxylic acid groups (broad SMARTS) is 1. The van der Waals surface area contributed by atoms with Crippen LogP contribution >= 0.6 is 27.3 Å². The second-order valence-electron chi connectivity index (χ2n) is 5.08. The summed E-state index contributed by atoms with van der Waals surface area (Å²) in [6, 6.07) is 3.83. The maximum Gasteiger partial charge on any atom is 0.310 e. The lowest BCUT2D eigenvalue weighted by atomic mass is 9.83. The van der Waals surface area contributed by atoms with E-state index in [4.69, 9.17) is 4.52 Å². The molecule has 5 nitrogen and oxygen atoms in total. The van der Waals surface area contributed by atoms with Crippen molar-refractivity contribution in [2.24, 2.45) is 5.41 Å². The zero-order chi connectivity index (χ0) is 14.2. The third kappa shape index (κ3) is 2.52. The van der Waals surface area contributed by atoms with Crippen LogP contribution in [0.4, 0.5) is 0 Å². The maximum absolute atomic E-state index is 11.5. The van der Waals surface area contributed by atoms with Crippen molar-refractivity contribution in [3.8, 4) is 10.7 Å². The highest BCUT2D eigenvalue weighted by Crippen LogP contribution is 2.41. The summed E-state index contributed by atoms with van der Waals surface area (Å²) in [4.78, 5) is 16.8. The molecule has 1 aliphatic rings. The van der Waals surface area contributed by atoms with E-state index in [1.54, 1.807) is 0 Å². The van der Waals surface area contributed by atoms with Gasteiger partial charge in [-0.3, -0.25) is 4.79 Å². The molecule has 0 unspecified atom stereocenters. The fourth-order valence-corrected chi connectivity index (χ4v) is 3.98. The Balaban J connectivity index is 1.82. The molecular weight excluding hydrogens is 344 g/mol. The summed E-state index contributed by atoms with van der Waals surface area (Å²) in [7, 11) is 0. The molecule has 0 atom stereocenters. The largest absolute Gasteiger partial charge is 0.481 e. The van der Waals surface area contributed by atoms with Gasteiger partial charge in [-0.15, -0.1) is 11.3 Å². The molecule has 2 aromatic heterocycles. The number of hydrogen-bond acceptors (Lipinski definition) is 5. The second kappa shape index (κ2) is 5.29. The van der Waals surface area contributed by atoms with E-state index in [2.05, 4.69) is 26.1 Å². The quantitative estimate of drug-likeness (QED) is 0.902. The van der Waals surface area contributed by atoms with Gasteiger partial charge in [0.2, 0.25) is 11.7 Å². The molecule has 2 aromatic rings. The summed E-state index contributed by atoms with van der Waals surface area (Å²) in [5, 5.41) is 13.4. The smallest absolute Gasteiger partial charge is 0.310 e. The predicted molar refractivity (Wildman–Crippen MR) is 77.6 cm³/mol. The molecule has 3 rings (SSSR count). The Morgan fingerprint density at radius 2 is 2.20 bits per heavy atom. The van der Waals surface area contributed by atoms with E-state index in [-0.39, 0.29) is 0 Å². The number of halogens is 1. The lowest BCUT2D eigenvalue weighted by molar-refractivity contribution is -0.148. The van der Waals surface area contributed by atoms with Crippen molar-refractivity contribution in [3.63, 3.8) is 0 Å². The molecule has 0 radical (unpaired) electrons. The van der Waals surface area contributed by atoms with Crippen molar-refractivity contribution in [3.05, 3.63) is 21.8 Å². The Morgan fingerprint density at radius 1 is 1.45 bits per heavy atom. The fraction of sp³-hybridized carbons (Fsp3) is 0.462. The molecule has 1 aliphatic carbocycles. The number of hydrogen-bond donors (Lipinski definition) is 1. The molecule has 0 amide bonds. The van der Waals surface area contributed by atoms with Crippen molar-refractivity contribution in [1.82, 2.24) is 10.1 Å². The molecule has 0 spiro atoms. The van der Waals surface area contributed by atoms with Crippen LogP contribution in [-0.4, -0.2) is 21.2 Å². The van der Waals surface area contributed by atoms with Crippen LogP contribution in [-0.2, 0) is 11.2 Å². The first-order chi connectivity index (χ1) is 9.59. The Bertz CT molecular complexity index is 631. The minimum atomic E-state index is -0.756. The van der Waals surface area contributed by atoms with E-state index in [0.717, 1.165) is 21.5 Å². The van der Waals surface area contributed by atoms with Gasteiger partial charge in [0.1, 0.15) is 0 Å². The van der Waals surface area contributed by atoms with E-state index in [1.165, 1.54) is 11.3 Å². The van der Waals surface area contributed by atoms with Gasteiger partial charge in [0.05, 0.1) is 14.1 Å². The second-order valence-corrected chi connectivity index (χ2v) is 7.55. The molecule has 2 heterocycles. The molecule has 0 saturated heterocycles. The first kappa shape index (κ1) is 13.8. The number of nitrogens with zero attached hydrogens (tertiary/aromatic N) is 2. The van der Waals surface area contributed by atoms with Crippen molar-refractivity contribution in [2.75, 3.05) is 0 Å². The summed E-state index contributed by atoms with van der Waals surface area (Å²) in [5.74, 6) is 0.177. The molecule has 7 heteroatoms. The number of carbonyl (C=O) groups is 1. The van der Waals surface area contributed by atoms with Crippen LogP contribution in [0.2, 0.25) is 0 Å². The fourth-order valence-electron chi connectivity index (χ4n) is 2.67. The van der Waals surface area contributed by atoms with Gasteiger partial charge in [0, 0.05) is 6.42 Å². The highest BCUT2D eigenvalue weighted by molar-refractivity contribution is 9.11. The summed E-state index contributed by atoms with van der Waals surface area (Å²) >= 11 is 4.91. The summed E-state index contributed by atoms with van der Waals surface area (Å²) in [5.41, 5.74) is -0.722. The zero-order valence-electron chi connectivity index (χ0n) is 10.6. The van der Waals surface area contributed by atoms with Crippen LogP contribution in [0.3, 0.4) is 0 Å². The van der Waals surface area contributed by atoms with E-state index >= 15 is 0 Å². The van der Waals surface area contributed by atoms with E-state index in [0.29, 0.717) is 31.0 Å². The number of rotatable bonds is 4. The monoisotopic (exact) mass is 356 g/mol. The predicted octanol–water partition coefficient (Wildman–Crippen LogP) is 3.75. The summed E-state index contributed by atoms with van der Waals surface area (Å²) < 4.78 is 6.23. The molecule has 1 fully saturated rings. The third-order valence-corrected chi connectivity index (χ3v) is 5.39. The van der Waals surface area contributed by atoms with Crippen LogP contribution in [0.15, 0.2) is 20.4 Å². The lowest BCUT2D eigenvalue weighted by Gasteiger charge is -2.21. The Labute approximate surface area is 128 Å². The highest BCUT2D eigenvalue weighted by atomic mass is 79.9. The average molecular weight is 357 g/mol. The van der Waals surface area contributed by atoms with Gasteiger partial charge in [0.25, 0.3) is 0 Å². The number of aromatic nitrogens is 2. The van der Waals surface area contributed by atoms with Gasteiger partial charge in [0.15, 0.2) is 0 Å². The van der Waals surface area contributed by atoms with Gasteiger partial charge in [-0.2, -0.15) is 4.98 Å². The Morgan fingerprint density at radius 3 is 2.80 bits per heavy atom. The van der Waals surface area contributed by atoms with Crippen LogP contribution in [0, 0.1) is 5.41 Å². The van der Waals surface area contributed by atoms with E-state index < -0.39 is 11.4 Å². The zero-order valence-corrected chi connectivity index (χ0v) is 13.0. The third-order valence-electron chi connectivity index (χ3n) is 3.77. The van der Waals surface area contributed by atoms with Gasteiger partial charge < -0.3 is 9.63 Å². The summed E-state index contributed by atoms with van der Waals surface area (Å²) in [6.45, 7) is 0. The minimum absolute atomic E-state index is 0.321. The number of carboxylic acids is 1. The van der Waals surface area contributed by atoms with Crippen molar-refractivity contribution in [1.29, 1.82) is 0 Å². The molecule has 0 aromatic carbocycles. The van der Waals surface area contributed by atoms with Gasteiger partial charge in [-0.1, -0.05) is 18.0 Å². The van der Waals surface area contributed by atoms with Crippen LogP contribution in [0.1, 0.15) is 31.6 Å². The van der Waals surface area contributed by atoms with Gasteiger partial charge >= 0.3 is 5.97 Å².